The number of pyridine rings is 1. The van der Waals surface area contributed by atoms with Gasteiger partial charge in [-0.05, 0) is 30.0 Å². The van der Waals surface area contributed by atoms with E-state index in [-0.39, 0.29) is 30.2 Å². The SMILES string of the molecule is O=C(C[C@H]1C[C@H](S)CN1C(=O)OCc1ccccc1)NCCc1cccnc1. The molecule has 0 spiro atoms. The third-order valence-electron chi connectivity index (χ3n) is 4.71. The molecular formula is C21H25N3O3S. The summed E-state index contributed by atoms with van der Waals surface area (Å²) in [5.74, 6) is -0.0721. The van der Waals surface area contributed by atoms with Gasteiger partial charge in [0.1, 0.15) is 6.61 Å². The van der Waals surface area contributed by atoms with Crippen molar-refractivity contribution >= 4 is 24.6 Å². The van der Waals surface area contributed by atoms with Crippen molar-refractivity contribution in [1.29, 1.82) is 0 Å². The second-order valence-electron chi connectivity index (χ2n) is 6.90. The summed E-state index contributed by atoms with van der Waals surface area (Å²) in [6, 6.07) is 13.2. The molecule has 1 aliphatic rings. The average Bonchev–Trinajstić information content (AvgIpc) is 3.08. The molecule has 6 nitrogen and oxygen atoms in total. The number of hydrogen-bond acceptors (Lipinski definition) is 5. The van der Waals surface area contributed by atoms with Crippen LogP contribution in [0.1, 0.15) is 24.0 Å². The third kappa shape index (κ3) is 5.99. The number of amides is 2. The Balaban J connectivity index is 1.46. The molecular weight excluding hydrogens is 374 g/mol. The maximum Gasteiger partial charge on any atom is 0.410 e. The van der Waals surface area contributed by atoms with Crippen molar-refractivity contribution in [2.45, 2.75) is 37.2 Å². The first-order valence-corrected chi connectivity index (χ1v) is 9.94. The summed E-state index contributed by atoms with van der Waals surface area (Å²) in [6.07, 6.45) is 4.78. The molecule has 0 radical (unpaired) electrons. The zero-order chi connectivity index (χ0) is 19.8. The van der Waals surface area contributed by atoms with Crippen LogP contribution >= 0.6 is 12.6 Å². The fraction of sp³-hybridized carbons (Fsp3) is 0.381. The van der Waals surface area contributed by atoms with Gasteiger partial charge in [0.2, 0.25) is 5.91 Å². The van der Waals surface area contributed by atoms with Gasteiger partial charge in [-0.3, -0.25) is 9.78 Å². The minimum atomic E-state index is -0.395. The number of nitrogens with zero attached hydrogens (tertiary/aromatic N) is 2. The van der Waals surface area contributed by atoms with Gasteiger partial charge in [-0.15, -0.1) is 0 Å². The molecule has 2 atom stereocenters. The van der Waals surface area contributed by atoms with E-state index in [0.717, 1.165) is 17.5 Å². The van der Waals surface area contributed by atoms with E-state index >= 15 is 0 Å². The smallest absolute Gasteiger partial charge is 0.410 e. The van der Waals surface area contributed by atoms with Crippen molar-refractivity contribution in [3.05, 3.63) is 66.0 Å². The molecule has 1 saturated heterocycles. The van der Waals surface area contributed by atoms with E-state index in [9.17, 15) is 9.59 Å². The monoisotopic (exact) mass is 399 g/mol. The van der Waals surface area contributed by atoms with Crippen LogP contribution in [0.4, 0.5) is 4.79 Å². The molecule has 1 aromatic carbocycles. The topological polar surface area (TPSA) is 71.5 Å². The zero-order valence-corrected chi connectivity index (χ0v) is 16.6. The largest absolute Gasteiger partial charge is 0.445 e. The van der Waals surface area contributed by atoms with E-state index < -0.39 is 6.09 Å². The number of thiol groups is 1. The molecule has 148 valence electrons. The predicted molar refractivity (Wildman–Crippen MR) is 110 cm³/mol. The lowest BCUT2D eigenvalue weighted by molar-refractivity contribution is -0.121. The molecule has 3 rings (SSSR count). The van der Waals surface area contributed by atoms with Gasteiger partial charge in [0.05, 0.1) is 0 Å². The summed E-state index contributed by atoms with van der Waals surface area (Å²) in [5, 5.41) is 2.97. The maximum atomic E-state index is 12.5. The third-order valence-corrected chi connectivity index (χ3v) is 5.09. The number of benzene rings is 1. The Morgan fingerprint density at radius 1 is 1.18 bits per heavy atom. The van der Waals surface area contributed by atoms with Gasteiger partial charge in [0.15, 0.2) is 0 Å². The molecule has 0 bridgehead atoms. The molecule has 2 aromatic rings. The van der Waals surface area contributed by atoms with Gasteiger partial charge < -0.3 is 15.0 Å². The fourth-order valence-corrected chi connectivity index (χ4v) is 3.71. The molecule has 7 heteroatoms. The fourth-order valence-electron chi connectivity index (χ4n) is 3.29. The maximum absolute atomic E-state index is 12.5. The molecule has 2 heterocycles. The average molecular weight is 400 g/mol. The normalized spacial score (nSPS) is 18.7. The summed E-state index contributed by atoms with van der Waals surface area (Å²) >= 11 is 4.50. The Morgan fingerprint density at radius 3 is 2.71 bits per heavy atom. The molecule has 1 fully saturated rings. The van der Waals surface area contributed by atoms with E-state index in [0.29, 0.717) is 19.5 Å². The van der Waals surface area contributed by atoms with Crippen molar-refractivity contribution in [2.24, 2.45) is 0 Å². The highest BCUT2D eigenvalue weighted by Crippen LogP contribution is 2.25. The van der Waals surface area contributed by atoms with Crippen LogP contribution in [0.5, 0.6) is 0 Å². The molecule has 0 aliphatic carbocycles. The van der Waals surface area contributed by atoms with Gasteiger partial charge >= 0.3 is 6.09 Å². The Bertz CT molecular complexity index is 773. The summed E-state index contributed by atoms with van der Waals surface area (Å²) in [7, 11) is 0. The number of rotatable bonds is 7. The van der Waals surface area contributed by atoms with Crippen molar-refractivity contribution < 1.29 is 14.3 Å². The van der Waals surface area contributed by atoms with Crippen LogP contribution in [0.3, 0.4) is 0 Å². The number of carbonyl (C=O) groups excluding carboxylic acids is 2. The van der Waals surface area contributed by atoms with E-state index in [1.807, 2.05) is 42.5 Å². The number of hydrogen-bond donors (Lipinski definition) is 2. The minimum absolute atomic E-state index is 0.0532. The van der Waals surface area contributed by atoms with Gasteiger partial charge in [-0.2, -0.15) is 12.6 Å². The van der Waals surface area contributed by atoms with Crippen LogP contribution in [-0.2, 0) is 22.6 Å². The van der Waals surface area contributed by atoms with Crippen molar-refractivity contribution in [3.63, 3.8) is 0 Å². The van der Waals surface area contributed by atoms with Gasteiger partial charge in [-0.25, -0.2) is 4.79 Å². The molecule has 1 N–H and O–H groups in total. The zero-order valence-electron chi connectivity index (χ0n) is 15.7. The predicted octanol–water partition coefficient (Wildman–Crippen LogP) is 2.84. The molecule has 1 aliphatic heterocycles. The molecule has 0 unspecified atom stereocenters. The second-order valence-corrected chi connectivity index (χ2v) is 7.63. The van der Waals surface area contributed by atoms with Crippen molar-refractivity contribution in [1.82, 2.24) is 15.2 Å². The van der Waals surface area contributed by atoms with Crippen LogP contribution < -0.4 is 5.32 Å². The lowest BCUT2D eigenvalue weighted by Crippen LogP contribution is -2.39. The second kappa shape index (κ2) is 10.1. The Kier molecular flexibility index (Phi) is 7.31. The highest BCUT2D eigenvalue weighted by atomic mass is 32.1. The van der Waals surface area contributed by atoms with Crippen LogP contribution in [0, 0.1) is 0 Å². The lowest BCUT2D eigenvalue weighted by atomic mass is 10.1. The summed E-state index contributed by atoms with van der Waals surface area (Å²) in [6.45, 7) is 1.25. The van der Waals surface area contributed by atoms with Crippen molar-refractivity contribution in [2.75, 3.05) is 13.1 Å². The standard InChI is InChI=1S/C21H25N3O3S/c25-20(23-10-8-16-7-4-9-22-13-16)12-18-11-19(28)14-24(18)21(26)27-15-17-5-2-1-3-6-17/h1-7,9,13,18-19,28H,8,10-12,14-15H2,(H,23,25)/t18-,19+/m1/s1. The van der Waals surface area contributed by atoms with Crippen LogP contribution in [0.25, 0.3) is 0 Å². The van der Waals surface area contributed by atoms with Crippen molar-refractivity contribution in [3.8, 4) is 0 Å². The van der Waals surface area contributed by atoms with Gasteiger partial charge in [0, 0.05) is 43.2 Å². The highest BCUT2D eigenvalue weighted by Gasteiger charge is 2.35. The first-order valence-electron chi connectivity index (χ1n) is 9.43. The number of nitrogens with one attached hydrogen (secondary N) is 1. The lowest BCUT2D eigenvalue weighted by Gasteiger charge is -2.23. The van der Waals surface area contributed by atoms with E-state index in [1.54, 1.807) is 17.3 Å². The Labute approximate surface area is 170 Å². The summed E-state index contributed by atoms with van der Waals surface area (Å²) < 4.78 is 5.43. The van der Waals surface area contributed by atoms with Gasteiger partial charge in [-0.1, -0.05) is 36.4 Å². The number of likely N-dealkylation sites (tertiary alicyclic amines) is 1. The Morgan fingerprint density at radius 2 is 1.96 bits per heavy atom. The number of aromatic nitrogens is 1. The summed E-state index contributed by atoms with van der Waals surface area (Å²) in [4.78, 5) is 30.5. The first kappa shape index (κ1) is 20.2. The first-order chi connectivity index (χ1) is 13.6. The number of carbonyl (C=O) groups is 2. The van der Waals surface area contributed by atoms with E-state index in [4.69, 9.17) is 4.74 Å². The van der Waals surface area contributed by atoms with Crippen LogP contribution in [0.15, 0.2) is 54.9 Å². The number of ether oxygens (including phenoxy) is 1. The van der Waals surface area contributed by atoms with Crippen LogP contribution in [-0.4, -0.2) is 46.3 Å². The van der Waals surface area contributed by atoms with Gasteiger partial charge in [0.25, 0.3) is 0 Å². The Hall–Kier alpha value is -2.54. The molecule has 2 amide bonds. The quantitative estimate of drug-likeness (QED) is 0.703. The van der Waals surface area contributed by atoms with E-state index in [2.05, 4.69) is 22.9 Å². The van der Waals surface area contributed by atoms with E-state index in [1.165, 1.54) is 0 Å². The highest BCUT2D eigenvalue weighted by molar-refractivity contribution is 7.81. The molecule has 28 heavy (non-hydrogen) atoms. The van der Waals surface area contributed by atoms with Crippen LogP contribution in [0.2, 0.25) is 0 Å². The molecule has 1 aromatic heterocycles. The summed E-state index contributed by atoms with van der Waals surface area (Å²) in [5.41, 5.74) is 2.01. The minimum Gasteiger partial charge on any atom is -0.445 e. The molecule has 0 saturated carbocycles.